The van der Waals surface area contributed by atoms with Gasteiger partial charge < -0.3 is 0 Å². The highest BCUT2D eigenvalue weighted by Crippen LogP contribution is 2.21. The van der Waals surface area contributed by atoms with Crippen molar-refractivity contribution in [3.63, 3.8) is 0 Å². The summed E-state index contributed by atoms with van der Waals surface area (Å²) in [6, 6.07) is 0. The second-order valence-electron chi connectivity index (χ2n) is 2.14. The zero-order chi connectivity index (χ0) is 9.57. The Labute approximate surface area is 78.2 Å². The zero-order valence-corrected chi connectivity index (χ0v) is 9.07. The summed E-state index contributed by atoms with van der Waals surface area (Å²) in [4.78, 5) is 3.33. The molecule has 1 aliphatic heterocycles. The molecule has 0 bridgehead atoms. The lowest BCUT2D eigenvalue weighted by atomic mass is 11.1. The van der Waals surface area contributed by atoms with E-state index in [0.717, 1.165) is 11.7 Å². The summed E-state index contributed by atoms with van der Waals surface area (Å²) in [6.07, 6.45) is 0.794. The lowest BCUT2D eigenvalue weighted by Gasteiger charge is -1.93. The molecule has 0 saturated heterocycles. The summed E-state index contributed by atoms with van der Waals surface area (Å²) in [5, 5.41) is 0.753. The maximum Gasteiger partial charge on any atom is 0.252 e. The second-order valence-corrected chi connectivity index (χ2v) is 6.85. The maximum atomic E-state index is 11.0. The fraction of sp³-hybridized carbons (Fsp3) is 0.250. The van der Waals surface area contributed by atoms with E-state index in [-0.39, 0.29) is 4.61 Å². The third-order valence-corrected chi connectivity index (χ3v) is 5.16. The summed E-state index contributed by atoms with van der Waals surface area (Å²) < 4.78 is 42.9. The third kappa shape index (κ3) is 1.75. The minimum atomic E-state index is -3.84. The Balaban J connectivity index is 3.44. The Kier molecular flexibility index (Phi) is 2.17. The minimum Gasteiger partial charge on any atom is -0.222 e. The monoisotopic (exact) mass is 273 g/mol. The molecule has 0 amide bonds. The zero-order valence-electron chi connectivity index (χ0n) is 5.85. The second kappa shape index (κ2) is 2.64. The van der Waals surface area contributed by atoms with Gasteiger partial charge in [0, 0.05) is 6.26 Å². The molecule has 1 aliphatic rings. The number of nitrogens with zero attached hydrogens (tertiary/aromatic N) is 1. The number of sulfone groups is 2. The number of hydrogen-bond acceptors (Lipinski definition) is 5. The van der Waals surface area contributed by atoms with Crippen LogP contribution in [0, 0.1) is 0 Å². The highest BCUT2D eigenvalue weighted by atomic mass is 79.9. The summed E-state index contributed by atoms with van der Waals surface area (Å²) in [5.41, 5.74) is 0. The summed E-state index contributed by atoms with van der Waals surface area (Å²) in [5.74, 6) is 0. The molecule has 5 nitrogen and oxygen atoms in total. The average molecular weight is 274 g/mol. The Morgan fingerprint density at radius 1 is 1.50 bits per heavy atom. The molecule has 12 heavy (non-hydrogen) atoms. The maximum absolute atomic E-state index is 11.0. The molecular weight excluding hydrogens is 270 g/mol. The van der Waals surface area contributed by atoms with E-state index < -0.39 is 24.1 Å². The molecule has 0 spiro atoms. The van der Waals surface area contributed by atoms with Gasteiger partial charge in [0.15, 0.2) is 0 Å². The quantitative estimate of drug-likeness (QED) is 0.583. The first kappa shape index (κ1) is 9.87. The van der Waals surface area contributed by atoms with Crippen LogP contribution in [0.1, 0.15) is 0 Å². The van der Waals surface area contributed by atoms with E-state index in [4.69, 9.17) is 0 Å². The fourth-order valence-corrected chi connectivity index (χ4v) is 4.53. The van der Waals surface area contributed by atoms with Gasteiger partial charge in [-0.15, -0.1) is 0 Å². The molecule has 0 atom stereocenters. The number of aliphatic imine (C=N–C) groups is 1. The van der Waals surface area contributed by atoms with Gasteiger partial charge >= 0.3 is 0 Å². The lowest BCUT2D eigenvalue weighted by Crippen LogP contribution is -2.19. The van der Waals surface area contributed by atoms with Crippen molar-refractivity contribution < 1.29 is 16.8 Å². The first-order chi connectivity index (χ1) is 5.23. The van der Waals surface area contributed by atoms with E-state index in [1.54, 1.807) is 0 Å². The van der Waals surface area contributed by atoms with E-state index in [1.807, 2.05) is 0 Å². The molecule has 0 radical (unpaired) electrons. The smallest absolute Gasteiger partial charge is 0.222 e. The predicted octanol–water partition coefficient (Wildman–Crippen LogP) is 0.00920. The van der Waals surface area contributed by atoms with Crippen molar-refractivity contribution in [2.24, 2.45) is 4.99 Å². The molecule has 0 saturated carbocycles. The Bertz CT molecular complexity index is 469. The first-order valence-corrected chi connectivity index (χ1v) is 6.87. The van der Waals surface area contributed by atoms with Crippen LogP contribution < -0.4 is 0 Å². The summed E-state index contributed by atoms with van der Waals surface area (Å²) >= 11 is 2.78. The molecule has 68 valence electrons. The number of rotatable bonds is 0. The van der Waals surface area contributed by atoms with Crippen molar-refractivity contribution in [3.8, 4) is 0 Å². The Morgan fingerprint density at radius 3 is 2.17 bits per heavy atom. The van der Waals surface area contributed by atoms with Crippen molar-refractivity contribution in [1.29, 1.82) is 0 Å². The van der Waals surface area contributed by atoms with Gasteiger partial charge in [-0.25, -0.2) is 21.8 Å². The van der Waals surface area contributed by atoms with Crippen LogP contribution in [-0.2, 0) is 19.7 Å². The van der Waals surface area contributed by atoms with Gasteiger partial charge in [-0.1, -0.05) is 0 Å². The molecule has 0 N–H and O–H groups in total. The van der Waals surface area contributed by atoms with Crippen molar-refractivity contribution in [1.82, 2.24) is 0 Å². The van der Waals surface area contributed by atoms with Gasteiger partial charge in [0.1, 0.15) is 4.61 Å². The molecule has 0 aliphatic carbocycles. The average Bonchev–Trinajstić information content (AvgIpc) is 2.02. The van der Waals surface area contributed by atoms with Crippen molar-refractivity contribution in [2.75, 3.05) is 6.26 Å². The molecular formula is C4H4BrNO4S2. The van der Waals surface area contributed by atoms with Gasteiger partial charge in [0.25, 0.3) is 4.38 Å². The van der Waals surface area contributed by atoms with Crippen LogP contribution in [0.4, 0.5) is 0 Å². The SMILES string of the molecule is CS(=O)(=O)C1=NC(Br)=CS1(=O)=O. The van der Waals surface area contributed by atoms with E-state index >= 15 is 0 Å². The van der Waals surface area contributed by atoms with Crippen LogP contribution in [0.3, 0.4) is 0 Å². The van der Waals surface area contributed by atoms with E-state index in [0.29, 0.717) is 0 Å². The molecule has 0 aromatic heterocycles. The van der Waals surface area contributed by atoms with Gasteiger partial charge in [0.05, 0.1) is 5.41 Å². The number of hydrogen-bond donors (Lipinski definition) is 0. The standard InChI is InChI=1S/C4H4BrNO4S2/c1-11(7,8)4-6-3(5)2-12(4,9)10/h2H,1H3. The Hall–Kier alpha value is -0.210. The van der Waals surface area contributed by atoms with Crippen LogP contribution in [-0.4, -0.2) is 27.5 Å². The highest BCUT2D eigenvalue weighted by molar-refractivity contribution is 9.11. The van der Waals surface area contributed by atoms with E-state index in [2.05, 4.69) is 20.9 Å². The van der Waals surface area contributed by atoms with Crippen LogP contribution in [0.5, 0.6) is 0 Å². The van der Waals surface area contributed by atoms with Crippen molar-refractivity contribution in [3.05, 3.63) is 10.0 Å². The summed E-state index contributed by atoms with van der Waals surface area (Å²) in [7, 11) is -7.60. The molecule has 8 heteroatoms. The van der Waals surface area contributed by atoms with Crippen LogP contribution in [0.15, 0.2) is 15.0 Å². The predicted molar refractivity (Wildman–Crippen MR) is 48.2 cm³/mol. The van der Waals surface area contributed by atoms with E-state index in [1.165, 1.54) is 0 Å². The van der Waals surface area contributed by atoms with Gasteiger partial charge in [0.2, 0.25) is 19.7 Å². The van der Waals surface area contributed by atoms with Crippen LogP contribution in [0.2, 0.25) is 0 Å². The van der Waals surface area contributed by atoms with E-state index in [9.17, 15) is 16.8 Å². The van der Waals surface area contributed by atoms with Crippen molar-refractivity contribution >= 4 is 40.0 Å². The largest absolute Gasteiger partial charge is 0.252 e. The molecule has 1 rings (SSSR count). The lowest BCUT2D eigenvalue weighted by molar-refractivity contribution is 0.610. The fourth-order valence-electron chi connectivity index (χ4n) is 0.650. The topological polar surface area (TPSA) is 80.6 Å². The minimum absolute atomic E-state index is 0.00271. The van der Waals surface area contributed by atoms with Crippen LogP contribution in [0.25, 0.3) is 0 Å². The number of halogens is 1. The molecule has 0 unspecified atom stereocenters. The molecule has 0 fully saturated rings. The highest BCUT2D eigenvalue weighted by Gasteiger charge is 2.32. The van der Waals surface area contributed by atoms with Crippen LogP contribution >= 0.6 is 15.9 Å². The first-order valence-electron chi connectivity index (χ1n) is 2.64. The summed E-state index contributed by atoms with van der Waals surface area (Å²) in [6.45, 7) is 0. The Morgan fingerprint density at radius 2 is 2.00 bits per heavy atom. The molecule has 1 heterocycles. The van der Waals surface area contributed by atoms with Gasteiger partial charge in [-0.3, -0.25) is 0 Å². The van der Waals surface area contributed by atoms with Gasteiger partial charge in [-0.05, 0) is 15.9 Å². The third-order valence-electron chi connectivity index (χ3n) is 1.01. The van der Waals surface area contributed by atoms with Crippen molar-refractivity contribution in [2.45, 2.75) is 0 Å². The normalized spacial score (nSPS) is 21.8. The molecule has 0 aromatic rings. The molecule has 0 aromatic carbocycles. The van der Waals surface area contributed by atoms with Gasteiger partial charge in [-0.2, -0.15) is 0 Å².